The Kier molecular flexibility index (Phi) is 3.98. The van der Waals surface area contributed by atoms with Crippen LogP contribution in [0.4, 0.5) is 0 Å². The fourth-order valence-electron chi connectivity index (χ4n) is 2.48. The first-order valence-electron chi connectivity index (χ1n) is 7.31. The van der Waals surface area contributed by atoms with E-state index < -0.39 is 5.97 Å². The molecule has 3 rings (SSSR count). The van der Waals surface area contributed by atoms with Crippen LogP contribution < -0.4 is 4.74 Å². The second-order valence-electron chi connectivity index (χ2n) is 5.40. The standard InChI is InChI=1S/C19H17NO3/c1-12-8-9-14(13(2)10-12)11-16-19(21)23-18(20-16)15-6-4-5-7-17(15)22-3/h4-11H,1-3H3/b16-11-. The van der Waals surface area contributed by atoms with Crippen molar-refractivity contribution >= 4 is 17.9 Å². The first-order valence-corrected chi connectivity index (χ1v) is 7.31. The fourth-order valence-corrected chi connectivity index (χ4v) is 2.48. The quantitative estimate of drug-likeness (QED) is 0.642. The lowest BCUT2D eigenvalue weighted by molar-refractivity contribution is -0.129. The van der Waals surface area contributed by atoms with Crippen LogP contribution in [-0.4, -0.2) is 19.0 Å². The molecule has 0 unspecified atom stereocenters. The van der Waals surface area contributed by atoms with Gasteiger partial charge < -0.3 is 9.47 Å². The Morgan fingerprint density at radius 3 is 2.65 bits per heavy atom. The van der Waals surface area contributed by atoms with Crippen LogP contribution in [0, 0.1) is 13.8 Å². The third kappa shape index (κ3) is 3.01. The summed E-state index contributed by atoms with van der Waals surface area (Å²) in [4.78, 5) is 16.4. The molecule has 1 aliphatic rings. The maximum atomic E-state index is 12.1. The lowest BCUT2D eigenvalue weighted by Gasteiger charge is -2.05. The van der Waals surface area contributed by atoms with E-state index >= 15 is 0 Å². The van der Waals surface area contributed by atoms with E-state index in [9.17, 15) is 4.79 Å². The zero-order chi connectivity index (χ0) is 16.4. The number of aliphatic imine (C=N–C) groups is 1. The number of carbonyl (C=O) groups excluding carboxylic acids is 1. The first kappa shape index (κ1) is 15.0. The SMILES string of the molecule is COc1ccccc1C1=N/C(=C\c2ccc(C)cc2C)C(=O)O1. The van der Waals surface area contributed by atoms with E-state index in [1.807, 2.05) is 44.2 Å². The van der Waals surface area contributed by atoms with Crippen LogP contribution in [0.5, 0.6) is 5.75 Å². The summed E-state index contributed by atoms with van der Waals surface area (Å²) in [5, 5.41) is 0. The van der Waals surface area contributed by atoms with Gasteiger partial charge in [-0.3, -0.25) is 0 Å². The van der Waals surface area contributed by atoms with Gasteiger partial charge in [-0.05, 0) is 43.2 Å². The number of para-hydroxylation sites is 1. The van der Waals surface area contributed by atoms with Crippen LogP contribution in [0.3, 0.4) is 0 Å². The molecular weight excluding hydrogens is 290 g/mol. The maximum absolute atomic E-state index is 12.1. The predicted octanol–water partition coefficient (Wildman–Crippen LogP) is 3.66. The van der Waals surface area contributed by atoms with E-state index in [2.05, 4.69) is 11.1 Å². The normalized spacial score (nSPS) is 15.5. The zero-order valence-electron chi connectivity index (χ0n) is 13.3. The van der Waals surface area contributed by atoms with Gasteiger partial charge >= 0.3 is 5.97 Å². The van der Waals surface area contributed by atoms with Gasteiger partial charge in [0, 0.05) is 0 Å². The molecule has 0 radical (unpaired) electrons. The van der Waals surface area contributed by atoms with Gasteiger partial charge in [0.05, 0.1) is 12.7 Å². The molecule has 0 bridgehead atoms. The van der Waals surface area contributed by atoms with Gasteiger partial charge in [0.1, 0.15) is 5.75 Å². The number of aryl methyl sites for hydroxylation is 2. The molecule has 1 heterocycles. The van der Waals surface area contributed by atoms with Crippen molar-refractivity contribution in [3.05, 3.63) is 70.4 Å². The largest absolute Gasteiger partial charge is 0.496 e. The van der Waals surface area contributed by atoms with Crippen molar-refractivity contribution in [2.75, 3.05) is 7.11 Å². The van der Waals surface area contributed by atoms with Crippen LogP contribution >= 0.6 is 0 Å². The van der Waals surface area contributed by atoms with Gasteiger partial charge in [-0.2, -0.15) is 0 Å². The Morgan fingerprint density at radius 2 is 1.91 bits per heavy atom. The lowest BCUT2D eigenvalue weighted by atomic mass is 10.0. The van der Waals surface area contributed by atoms with Gasteiger partial charge in [-0.25, -0.2) is 9.79 Å². The monoisotopic (exact) mass is 307 g/mol. The topological polar surface area (TPSA) is 47.9 Å². The summed E-state index contributed by atoms with van der Waals surface area (Å²) >= 11 is 0. The number of benzene rings is 2. The highest BCUT2D eigenvalue weighted by molar-refractivity contribution is 6.13. The summed E-state index contributed by atoms with van der Waals surface area (Å²) in [5.74, 6) is 0.432. The molecule has 0 saturated heterocycles. The van der Waals surface area contributed by atoms with E-state index in [4.69, 9.17) is 9.47 Å². The first-order chi connectivity index (χ1) is 11.1. The number of rotatable bonds is 3. The van der Waals surface area contributed by atoms with Crippen LogP contribution in [0.15, 0.2) is 53.2 Å². The molecular formula is C19H17NO3. The number of cyclic esters (lactones) is 1. The van der Waals surface area contributed by atoms with Crippen molar-refractivity contribution in [1.29, 1.82) is 0 Å². The molecule has 0 aromatic heterocycles. The van der Waals surface area contributed by atoms with Gasteiger partial charge in [0.25, 0.3) is 0 Å². The van der Waals surface area contributed by atoms with Crippen LogP contribution in [0.1, 0.15) is 22.3 Å². The molecule has 0 aliphatic carbocycles. The molecule has 116 valence electrons. The molecule has 0 N–H and O–H groups in total. The van der Waals surface area contributed by atoms with Crippen molar-refractivity contribution in [2.45, 2.75) is 13.8 Å². The Morgan fingerprint density at radius 1 is 1.13 bits per heavy atom. The van der Waals surface area contributed by atoms with Crippen molar-refractivity contribution in [3.8, 4) is 5.75 Å². The molecule has 0 atom stereocenters. The smallest absolute Gasteiger partial charge is 0.363 e. The summed E-state index contributed by atoms with van der Waals surface area (Å²) < 4.78 is 10.6. The third-order valence-electron chi connectivity index (χ3n) is 3.68. The molecule has 23 heavy (non-hydrogen) atoms. The second-order valence-corrected chi connectivity index (χ2v) is 5.40. The highest BCUT2D eigenvalue weighted by Gasteiger charge is 2.26. The number of esters is 1. The number of ether oxygens (including phenoxy) is 2. The van der Waals surface area contributed by atoms with E-state index in [0.29, 0.717) is 11.3 Å². The Labute approximate surface area is 135 Å². The van der Waals surface area contributed by atoms with Crippen molar-refractivity contribution in [3.63, 3.8) is 0 Å². The highest BCUT2D eigenvalue weighted by Crippen LogP contribution is 2.25. The molecule has 0 saturated carbocycles. The summed E-state index contributed by atoms with van der Waals surface area (Å²) in [7, 11) is 1.57. The number of carbonyl (C=O) groups is 1. The Bertz CT molecular complexity index is 834. The van der Waals surface area contributed by atoms with Crippen LogP contribution in [-0.2, 0) is 9.53 Å². The predicted molar refractivity (Wildman–Crippen MR) is 89.5 cm³/mol. The van der Waals surface area contributed by atoms with Crippen molar-refractivity contribution < 1.29 is 14.3 Å². The fraction of sp³-hybridized carbons (Fsp3) is 0.158. The van der Waals surface area contributed by atoms with E-state index in [1.165, 1.54) is 5.56 Å². The number of methoxy groups -OCH3 is 1. The lowest BCUT2D eigenvalue weighted by Crippen LogP contribution is -2.06. The van der Waals surface area contributed by atoms with E-state index in [0.717, 1.165) is 11.1 Å². The van der Waals surface area contributed by atoms with Crippen molar-refractivity contribution in [2.24, 2.45) is 4.99 Å². The average Bonchev–Trinajstić information content (AvgIpc) is 2.91. The van der Waals surface area contributed by atoms with Crippen LogP contribution in [0.25, 0.3) is 6.08 Å². The number of hydrogen-bond donors (Lipinski definition) is 0. The molecule has 4 heteroatoms. The Hall–Kier alpha value is -2.88. The van der Waals surface area contributed by atoms with Gasteiger partial charge in [-0.15, -0.1) is 0 Å². The van der Waals surface area contributed by atoms with E-state index in [1.54, 1.807) is 19.3 Å². The molecule has 2 aromatic rings. The molecule has 2 aromatic carbocycles. The van der Waals surface area contributed by atoms with Crippen molar-refractivity contribution in [1.82, 2.24) is 0 Å². The minimum absolute atomic E-state index is 0.267. The number of nitrogens with zero attached hydrogens (tertiary/aromatic N) is 1. The summed E-state index contributed by atoms with van der Waals surface area (Å²) in [6.07, 6.45) is 1.75. The third-order valence-corrected chi connectivity index (χ3v) is 3.68. The van der Waals surface area contributed by atoms with Crippen LogP contribution in [0.2, 0.25) is 0 Å². The second kappa shape index (κ2) is 6.08. The van der Waals surface area contributed by atoms with Gasteiger partial charge in [-0.1, -0.05) is 35.9 Å². The average molecular weight is 307 g/mol. The minimum atomic E-state index is -0.453. The highest BCUT2D eigenvalue weighted by atomic mass is 16.6. The minimum Gasteiger partial charge on any atom is -0.496 e. The van der Waals surface area contributed by atoms with Gasteiger partial charge in [0.2, 0.25) is 5.90 Å². The van der Waals surface area contributed by atoms with E-state index in [-0.39, 0.29) is 11.6 Å². The van der Waals surface area contributed by atoms with Gasteiger partial charge in [0.15, 0.2) is 5.70 Å². The summed E-state index contributed by atoms with van der Waals surface area (Å²) in [6.45, 7) is 4.04. The zero-order valence-corrected chi connectivity index (χ0v) is 13.3. The number of hydrogen-bond acceptors (Lipinski definition) is 4. The molecule has 0 fully saturated rings. The summed E-state index contributed by atoms with van der Waals surface area (Å²) in [6, 6.07) is 13.4. The summed E-state index contributed by atoms with van der Waals surface area (Å²) in [5.41, 5.74) is 4.17. The molecule has 0 spiro atoms. The molecule has 1 aliphatic heterocycles. The Balaban J connectivity index is 2.00. The maximum Gasteiger partial charge on any atom is 0.363 e. The molecule has 0 amide bonds. The molecule has 4 nitrogen and oxygen atoms in total.